The molecule has 1 aromatic heterocycles. The first-order valence-corrected chi connectivity index (χ1v) is 22.9. The van der Waals surface area contributed by atoms with E-state index in [-0.39, 0.29) is 16.7 Å². The minimum Gasteiger partial charge on any atom is -0.311 e. The van der Waals surface area contributed by atoms with Gasteiger partial charge in [-0.3, -0.25) is 0 Å². The molecule has 0 N–H and O–H groups in total. The van der Waals surface area contributed by atoms with Crippen LogP contribution in [-0.4, -0.2) is 0 Å². The monoisotopic (exact) mass is 819 g/mol. The molecule has 0 saturated carbocycles. The smallest absolute Gasteiger partial charge is 0.0461 e. The van der Waals surface area contributed by atoms with Gasteiger partial charge in [0.1, 0.15) is 0 Å². The molecule has 6 aromatic carbocycles. The Kier molecular flexibility index (Phi) is 10.3. The third-order valence-electron chi connectivity index (χ3n) is 14.4. The van der Waals surface area contributed by atoms with Gasteiger partial charge in [0.05, 0.1) is 0 Å². The molecule has 2 heteroatoms. The summed E-state index contributed by atoms with van der Waals surface area (Å²) >= 11 is 1.91. The first-order valence-electron chi connectivity index (χ1n) is 22.1. The molecule has 2 atom stereocenters. The number of anilines is 2. The van der Waals surface area contributed by atoms with Crippen LogP contribution in [0.4, 0.5) is 11.4 Å². The third-order valence-corrected chi connectivity index (χ3v) is 15.6. The van der Waals surface area contributed by atoms with E-state index in [9.17, 15) is 0 Å². The number of hydrogen-bond donors (Lipinski definition) is 0. The van der Waals surface area contributed by atoms with Gasteiger partial charge >= 0.3 is 0 Å². The normalized spacial score (nSPS) is 19.4. The standard InChI is InChI=1S/C60H53NS/c1-6-53-54-26-14-15-27-56(54)62-58(53)57-41(2)59(3,4)60(5)37-36-52(40-55(57)60)61(51-34-30-45(31-35-51)49-25-17-23-47(39-49)43-20-12-9-13-21-43)50-32-28-44(29-33-50)48-24-16-22-46(38-48)42-18-10-7-8-11-19-42/h6-17,20-40,42,55H,1,18-19H2,2-5H3. The molecule has 0 radical (unpaired) electrons. The van der Waals surface area contributed by atoms with Crippen LogP contribution in [0.1, 0.15) is 62.5 Å². The SMILES string of the molecule is C=Cc1c(C2=C(C)C(C)(C)C3(C)C=CC(N(c4ccc(-c5cccc(-c6ccccc6)c5)cc4)c4ccc(-c5cccc(C6CC=CC=CC6)c5)cc4)=CC23)sc2ccccc12. The highest BCUT2D eigenvalue weighted by atomic mass is 32.1. The number of fused-ring (bicyclic) bond motifs is 2. The van der Waals surface area contributed by atoms with Crippen LogP contribution in [0.5, 0.6) is 0 Å². The molecule has 2 unspecified atom stereocenters. The number of allylic oxidation sites excluding steroid dienone is 9. The lowest BCUT2D eigenvalue weighted by Crippen LogP contribution is -2.37. The molecule has 7 aromatic rings. The summed E-state index contributed by atoms with van der Waals surface area (Å²) in [6.07, 6.45) is 20.6. The van der Waals surface area contributed by atoms with Crippen LogP contribution < -0.4 is 4.90 Å². The first-order chi connectivity index (χ1) is 30.2. The van der Waals surface area contributed by atoms with Crippen LogP contribution in [0.15, 0.2) is 212 Å². The van der Waals surface area contributed by atoms with E-state index in [1.807, 2.05) is 11.3 Å². The van der Waals surface area contributed by atoms with Crippen molar-refractivity contribution in [1.29, 1.82) is 0 Å². The fourth-order valence-corrected chi connectivity index (χ4v) is 11.5. The minimum absolute atomic E-state index is 0.0551. The fourth-order valence-electron chi connectivity index (χ4n) is 10.2. The maximum atomic E-state index is 4.34. The largest absolute Gasteiger partial charge is 0.311 e. The van der Waals surface area contributed by atoms with E-state index < -0.39 is 0 Å². The van der Waals surface area contributed by atoms with Crippen LogP contribution in [0.2, 0.25) is 0 Å². The Labute approximate surface area is 372 Å². The Morgan fingerprint density at radius 2 is 1.19 bits per heavy atom. The summed E-state index contributed by atoms with van der Waals surface area (Å²) < 4.78 is 1.31. The minimum atomic E-state index is -0.109. The zero-order valence-electron chi connectivity index (χ0n) is 36.2. The van der Waals surface area contributed by atoms with Gasteiger partial charge < -0.3 is 4.90 Å². The van der Waals surface area contributed by atoms with Crippen LogP contribution >= 0.6 is 11.3 Å². The number of thiophene rings is 1. The van der Waals surface area contributed by atoms with Gasteiger partial charge in [0.2, 0.25) is 0 Å². The lowest BCUT2D eigenvalue weighted by Gasteiger charge is -2.44. The van der Waals surface area contributed by atoms with Crippen LogP contribution in [0, 0.1) is 16.7 Å². The summed E-state index contributed by atoms with van der Waals surface area (Å²) in [6, 6.07) is 55.8. The molecule has 0 saturated heterocycles. The van der Waals surface area contributed by atoms with Crippen molar-refractivity contribution in [2.45, 2.75) is 46.5 Å². The second kappa shape index (κ2) is 16.1. The average molecular weight is 820 g/mol. The summed E-state index contributed by atoms with van der Waals surface area (Å²) in [4.78, 5) is 3.81. The topological polar surface area (TPSA) is 3.24 Å². The van der Waals surface area contributed by atoms with Gasteiger partial charge in [0.25, 0.3) is 0 Å². The van der Waals surface area contributed by atoms with Gasteiger partial charge in [0, 0.05) is 48.9 Å². The van der Waals surface area contributed by atoms with Crippen molar-refractivity contribution in [1.82, 2.24) is 0 Å². The van der Waals surface area contributed by atoms with Gasteiger partial charge in [-0.2, -0.15) is 0 Å². The van der Waals surface area contributed by atoms with E-state index in [4.69, 9.17) is 0 Å². The molecule has 3 aliphatic rings. The van der Waals surface area contributed by atoms with E-state index in [1.165, 1.54) is 76.3 Å². The van der Waals surface area contributed by atoms with Crippen molar-refractivity contribution < 1.29 is 0 Å². The van der Waals surface area contributed by atoms with Gasteiger partial charge in [0.15, 0.2) is 0 Å². The van der Waals surface area contributed by atoms with Crippen molar-refractivity contribution in [3.63, 3.8) is 0 Å². The van der Waals surface area contributed by atoms with E-state index >= 15 is 0 Å². The Hall–Kier alpha value is -6.48. The molecule has 0 fully saturated rings. The Bertz CT molecular complexity index is 2950. The number of nitrogens with zero attached hydrogens (tertiary/aromatic N) is 1. The second-order valence-electron chi connectivity index (χ2n) is 17.9. The van der Waals surface area contributed by atoms with Gasteiger partial charge in [-0.05, 0) is 118 Å². The van der Waals surface area contributed by atoms with Crippen LogP contribution in [-0.2, 0) is 0 Å². The van der Waals surface area contributed by atoms with Gasteiger partial charge in [-0.25, -0.2) is 0 Å². The summed E-state index contributed by atoms with van der Waals surface area (Å²) in [5.74, 6) is 0.667. The molecule has 0 bridgehead atoms. The predicted molar refractivity (Wildman–Crippen MR) is 269 cm³/mol. The molecular weight excluding hydrogens is 767 g/mol. The van der Waals surface area contributed by atoms with Gasteiger partial charge in [-0.15, -0.1) is 11.3 Å². The molecule has 0 aliphatic heterocycles. The number of benzene rings is 6. The lowest BCUT2D eigenvalue weighted by atomic mass is 9.61. The molecule has 10 rings (SSSR count). The van der Waals surface area contributed by atoms with Crippen molar-refractivity contribution >= 4 is 44.4 Å². The molecular formula is C60H53NS. The summed E-state index contributed by atoms with van der Waals surface area (Å²) in [7, 11) is 0. The highest BCUT2D eigenvalue weighted by Crippen LogP contribution is 2.65. The quantitative estimate of drug-likeness (QED) is 0.140. The molecule has 3 aliphatic carbocycles. The summed E-state index contributed by atoms with van der Waals surface area (Å²) in [6.45, 7) is 14.1. The van der Waals surface area contributed by atoms with Crippen molar-refractivity contribution in [2.24, 2.45) is 16.7 Å². The highest BCUT2D eigenvalue weighted by molar-refractivity contribution is 7.20. The van der Waals surface area contributed by atoms with E-state index in [2.05, 4.69) is 239 Å². The fraction of sp³-hybridized carbons (Fsp3) is 0.167. The maximum absolute atomic E-state index is 4.34. The molecule has 0 amide bonds. The Balaban J connectivity index is 1.07. The zero-order valence-corrected chi connectivity index (χ0v) is 37.0. The zero-order chi connectivity index (χ0) is 42.4. The maximum Gasteiger partial charge on any atom is 0.0461 e. The molecule has 1 heterocycles. The Morgan fingerprint density at radius 3 is 1.84 bits per heavy atom. The Morgan fingerprint density at radius 1 is 0.629 bits per heavy atom. The molecule has 62 heavy (non-hydrogen) atoms. The first kappa shape index (κ1) is 39.6. The van der Waals surface area contributed by atoms with E-state index in [0.717, 1.165) is 24.2 Å². The van der Waals surface area contributed by atoms with E-state index in [1.54, 1.807) is 0 Å². The van der Waals surface area contributed by atoms with Crippen LogP contribution in [0.3, 0.4) is 0 Å². The number of hydrogen-bond acceptors (Lipinski definition) is 2. The molecule has 1 nitrogen and oxygen atoms in total. The van der Waals surface area contributed by atoms with Gasteiger partial charge in [-0.1, -0.05) is 191 Å². The second-order valence-corrected chi connectivity index (χ2v) is 19.0. The third kappa shape index (κ3) is 6.88. The molecule has 304 valence electrons. The van der Waals surface area contributed by atoms with Crippen LogP contribution in [0.25, 0.3) is 55.1 Å². The summed E-state index contributed by atoms with van der Waals surface area (Å²) in [5, 5.41) is 1.29. The van der Waals surface area contributed by atoms with Crippen molar-refractivity contribution in [3.05, 3.63) is 228 Å². The molecule has 0 spiro atoms. The van der Waals surface area contributed by atoms with Crippen molar-refractivity contribution in [3.8, 4) is 33.4 Å². The highest BCUT2D eigenvalue weighted by Gasteiger charge is 2.55. The summed E-state index contributed by atoms with van der Waals surface area (Å²) in [5.41, 5.74) is 16.2. The van der Waals surface area contributed by atoms with E-state index in [0.29, 0.717) is 5.92 Å². The lowest BCUT2D eigenvalue weighted by molar-refractivity contribution is 0.182. The average Bonchev–Trinajstić information content (AvgIpc) is 3.56. The predicted octanol–water partition coefficient (Wildman–Crippen LogP) is 17.3. The van der Waals surface area contributed by atoms with Crippen molar-refractivity contribution in [2.75, 3.05) is 4.90 Å². The number of rotatable bonds is 9.